The summed E-state index contributed by atoms with van der Waals surface area (Å²) in [5.41, 5.74) is 5.22. The van der Waals surface area contributed by atoms with Gasteiger partial charge in [-0.05, 0) is 12.3 Å². The molecular formula is C12H24N2O2. The fourth-order valence-corrected chi connectivity index (χ4v) is 2.15. The fraction of sp³-hybridized carbons (Fsp3) is 0.917. The minimum absolute atomic E-state index is 0.0184. The second-order valence-electron chi connectivity index (χ2n) is 5.08. The molecule has 1 amide bonds. The molecule has 94 valence electrons. The van der Waals surface area contributed by atoms with Gasteiger partial charge in [-0.1, -0.05) is 33.6 Å². The van der Waals surface area contributed by atoms with E-state index in [1.165, 1.54) is 0 Å². The van der Waals surface area contributed by atoms with E-state index in [-0.39, 0.29) is 11.8 Å². The summed E-state index contributed by atoms with van der Waals surface area (Å²) in [4.78, 5) is 13.6. The Morgan fingerprint density at radius 3 is 2.50 bits per heavy atom. The van der Waals surface area contributed by atoms with E-state index in [0.717, 1.165) is 19.3 Å². The minimum atomic E-state index is -0.653. The molecule has 0 aromatic rings. The standard InChI is InChI=1S/C12H24N2O2/c1-4-6-12(16)7-14(8-12)11(15)10(13)9(3)5-2/h9-10,16H,4-8,13H2,1-3H3/t9-,10-/m0/s1. The van der Waals surface area contributed by atoms with Gasteiger partial charge in [0.25, 0.3) is 0 Å². The number of carbonyl (C=O) groups excluding carboxylic acids is 1. The Balaban J connectivity index is 2.42. The van der Waals surface area contributed by atoms with Crippen LogP contribution < -0.4 is 5.73 Å². The number of amides is 1. The Kier molecular flexibility index (Phi) is 4.33. The summed E-state index contributed by atoms with van der Waals surface area (Å²) in [5, 5.41) is 9.97. The Morgan fingerprint density at radius 1 is 1.50 bits per heavy atom. The maximum atomic E-state index is 11.9. The highest BCUT2D eigenvalue weighted by atomic mass is 16.3. The van der Waals surface area contributed by atoms with E-state index in [9.17, 15) is 9.90 Å². The third-order valence-corrected chi connectivity index (χ3v) is 3.54. The largest absolute Gasteiger partial charge is 0.386 e. The lowest BCUT2D eigenvalue weighted by molar-refractivity contribution is -0.158. The van der Waals surface area contributed by atoms with Gasteiger partial charge in [0.15, 0.2) is 0 Å². The van der Waals surface area contributed by atoms with Gasteiger partial charge in [-0.15, -0.1) is 0 Å². The highest BCUT2D eigenvalue weighted by Crippen LogP contribution is 2.26. The molecule has 0 aromatic carbocycles. The molecular weight excluding hydrogens is 204 g/mol. The van der Waals surface area contributed by atoms with Gasteiger partial charge in [0.2, 0.25) is 5.91 Å². The first-order valence-electron chi connectivity index (χ1n) is 6.20. The van der Waals surface area contributed by atoms with Crippen molar-refractivity contribution in [3.63, 3.8) is 0 Å². The average Bonchev–Trinajstić information content (AvgIpc) is 2.22. The van der Waals surface area contributed by atoms with Crippen molar-refractivity contribution < 1.29 is 9.90 Å². The van der Waals surface area contributed by atoms with Crippen LogP contribution in [0.25, 0.3) is 0 Å². The van der Waals surface area contributed by atoms with Crippen LogP contribution in [0.4, 0.5) is 0 Å². The van der Waals surface area contributed by atoms with E-state index in [4.69, 9.17) is 5.73 Å². The molecule has 0 bridgehead atoms. The third-order valence-electron chi connectivity index (χ3n) is 3.54. The van der Waals surface area contributed by atoms with Gasteiger partial charge in [-0.2, -0.15) is 0 Å². The number of carbonyl (C=O) groups is 1. The van der Waals surface area contributed by atoms with Gasteiger partial charge < -0.3 is 15.7 Å². The number of rotatable bonds is 5. The molecule has 4 nitrogen and oxygen atoms in total. The molecule has 1 fully saturated rings. The molecule has 0 aromatic heterocycles. The molecule has 0 aliphatic carbocycles. The molecule has 0 saturated carbocycles. The lowest BCUT2D eigenvalue weighted by atomic mass is 9.87. The van der Waals surface area contributed by atoms with Crippen molar-refractivity contribution in [1.29, 1.82) is 0 Å². The molecule has 2 atom stereocenters. The Bertz CT molecular complexity index is 249. The first kappa shape index (κ1) is 13.5. The summed E-state index contributed by atoms with van der Waals surface area (Å²) in [6.45, 7) is 6.95. The SMILES string of the molecule is CCCC1(O)CN(C(=O)[C@@H](N)[C@@H](C)CC)C1. The first-order valence-corrected chi connectivity index (χ1v) is 6.20. The van der Waals surface area contributed by atoms with Crippen molar-refractivity contribution in [2.75, 3.05) is 13.1 Å². The quantitative estimate of drug-likeness (QED) is 0.729. The van der Waals surface area contributed by atoms with Crippen molar-refractivity contribution in [2.24, 2.45) is 11.7 Å². The number of β-amino-alcohol motifs (C(OH)–C–C–N with tert-alkyl or cyclic N) is 1. The number of nitrogens with two attached hydrogens (primary N) is 1. The highest BCUT2D eigenvalue weighted by Gasteiger charge is 2.44. The lowest BCUT2D eigenvalue weighted by Crippen LogP contribution is -2.66. The van der Waals surface area contributed by atoms with E-state index in [1.807, 2.05) is 20.8 Å². The monoisotopic (exact) mass is 228 g/mol. The molecule has 0 radical (unpaired) electrons. The van der Waals surface area contributed by atoms with Crippen molar-refractivity contribution in [3.05, 3.63) is 0 Å². The van der Waals surface area contributed by atoms with Crippen LogP contribution in [0.3, 0.4) is 0 Å². The lowest BCUT2D eigenvalue weighted by Gasteiger charge is -2.47. The van der Waals surface area contributed by atoms with Crippen molar-refractivity contribution in [2.45, 2.75) is 51.7 Å². The molecule has 3 N–H and O–H groups in total. The Hall–Kier alpha value is -0.610. The minimum Gasteiger partial charge on any atom is -0.386 e. The van der Waals surface area contributed by atoms with Crippen LogP contribution in [0, 0.1) is 5.92 Å². The zero-order valence-corrected chi connectivity index (χ0v) is 10.6. The maximum absolute atomic E-state index is 11.9. The van der Waals surface area contributed by atoms with Crippen molar-refractivity contribution >= 4 is 5.91 Å². The van der Waals surface area contributed by atoms with Crippen molar-refractivity contribution in [3.8, 4) is 0 Å². The Morgan fingerprint density at radius 2 is 2.06 bits per heavy atom. The first-order chi connectivity index (χ1) is 7.43. The smallest absolute Gasteiger partial charge is 0.239 e. The van der Waals surface area contributed by atoms with Gasteiger partial charge in [0.1, 0.15) is 0 Å². The Labute approximate surface area is 97.8 Å². The molecule has 16 heavy (non-hydrogen) atoms. The zero-order chi connectivity index (χ0) is 12.3. The topological polar surface area (TPSA) is 66.6 Å². The number of likely N-dealkylation sites (tertiary alicyclic amines) is 1. The summed E-state index contributed by atoms with van der Waals surface area (Å²) in [7, 11) is 0. The van der Waals surface area contributed by atoms with E-state index >= 15 is 0 Å². The van der Waals surface area contributed by atoms with Gasteiger partial charge >= 0.3 is 0 Å². The predicted molar refractivity (Wildman–Crippen MR) is 63.9 cm³/mol. The second-order valence-corrected chi connectivity index (χ2v) is 5.08. The van der Waals surface area contributed by atoms with Crippen LogP contribution in [0.2, 0.25) is 0 Å². The van der Waals surface area contributed by atoms with Crippen LogP contribution in [0.15, 0.2) is 0 Å². The van der Waals surface area contributed by atoms with Gasteiger partial charge in [0.05, 0.1) is 24.7 Å². The number of hydrogen-bond acceptors (Lipinski definition) is 3. The second kappa shape index (κ2) is 5.15. The molecule has 1 saturated heterocycles. The van der Waals surface area contributed by atoms with Crippen LogP contribution in [0.5, 0.6) is 0 Å². The van der Waals surface area contributed by atoms with Crippen LogP contribution in [-0.4, -0.2) is 40.6 Å². The van der Waals surface area contributed by atoms with E-state index in [0.29, 0.717) is 13.1 Å². The average molecular weight is 228 g/mol. The highest BCUT2D eigenvalue weighted by molar-refractivity contribution is 5.83. The van der Waals surface area contributed by atoms with E-state index in [1.54, 1.807) is 4.90 Å². The number of hydrogen-bond donors (Lipinski definition) is 2. The summed E-state index contributed by atoms with van der Waals surface area (Å²) in [6.07, 6.45) is 2.60. The van der Waals surface area contributed by atoms with Gasteiger partial charge in [-0.3, -0.25) is 4.79 Å². The van der Waals surface area contributed by atoms with Crippen LogP contribution >= 0.6 is 0 Å². The molecule has 4 heteroatoms. The summed E-state index contributed by atoms with van der Waals surface area (Å²) < 4.78 is 0. The molecule has 0 spiro atoms. The van der Waals surface area contributed by atoms with E-state index < -0.39 is 11.6 Å². The maximum Gasteiger partial charge on any atom is 0.239 e. The van der Waals surface area contributed by atoms with Gasteiger partial charge in [-0.25, -0.2) is 0 Å². The van der Waals surface area contributed by atoms with Crippen LogP contribution in [0.1, 0.15) is 40.0 Å². The number of nitrogens with zero attached hydrogens (tertiary/aromatic N) is 1. The zero-order valence-electron chi connectivity index (χ0n) is 10.6. The molecule has 1 heterocycles. The van der Waals surface area contributed by atoms with E-state index in [2.05, 4.69) is 0 Å². The molecule has 1 rings (SSSR count). The molecule has 1 aliphatic heterocycles. The molecule has 1 aliphatic rings. The summed E-state index contributed by atoms with van der Waals surface area (Å²) in [6, 6.07) is -0.420. The van der Waals surface area contributed by atoms with Gasteiger partial charge in [0, 0.05) is 0 Å². The van der Waals surface area contributed by atoms with Crippen molar-refractivity contribution in [1.82, 2.24) is 4.90 Å². The molecule has 0 unspecified atom stereocenters. The third kappa shape index (κ3) is 2.74. The normalized spacial score (nSPS) is 22.4. The van der Waals surface area contributed by atoms with Crippen LogP contribution in [-0.2, 0) is 4.79 Å². The number of aliphatic hydroxyl groups is 1. The fourth-order valence-electron chi connectivity index (χ4n) is 2.15. The summed E-state index contributed by atoms with van der Waals surface area (Å²) in [5.74, 6) is 0.183. The summed E-state index contributed by atoms with van der Waals surface area (Å²) >= 11 is 0. The predicted octanol–water partition coefficient (Wildman–Crippen LogP) is 0.733.